The Balaban J connectivity index is 1.99. The van der Waals surface area contributed by atoms with Crippen molar-refractivity contribution in [3.8, 4) is 0 Å². The maximum absolute atomic E-state index is 11.5. The second kappa shape index (κ2) is 5.82. The van der Waals surface area contributed by atoms with E-state index >= 15 is 0 Å². The maximum Gasteiger partial charge on any atom is 0.235 e. The fourth-order valence-electron chi connectivity index (χ4n) is 1.60. The lowest BCUT2D eigenvalue weighted by molar-refractivity contribution is -0.133. The number of nitrogens with zero attached hydrogens (tertiary/aromatic N) is 1. The van der Waals surface area contributed by atoms with Gasteiger partial charge in [0.15, 0.2) is 0 Å². The molecule has 0 unspecified atom stereocenters. The molecule has 0 atom stereocenters. The number of amides is 2. The topological polar surface area (TPSA) is 37.4 Å². The Kier molecular flexibility index (Phi) is 4.37. The van der Waals surface area contributed by atoms with Crippen LogP contribution in [0.1, 0.15) is 18.4 Å². The van der Waals surface area contributed by atoms with Gasteiger partial charge in [-0.05, 0) is 11.6 Å². The average molecular weight is 300 g/mol. The number of imide groups is 1. The molecule has 1 aliphatic rings. The van der Waals surface area contributed by atoms with Crippen molar-refractivity contribution in [1.82, 2.24) is 4.90 Å². The first-order valence-electron chi connectivity index (χ1n) is 5.35. The summed E-state index contributed by atoms with van der Waals surface area (Å²) in [5.41, 5.74) is 0.936. The lowest BCUT2D eigenvalue weighted by Crippen LogP contribution is -2.32. The summed E-state index contributed by atoms with van der Waals surface area (Å²) in [5, 5.41) is 0.659. The highest BCUT2D eigenvalue weighted by atomic mass is 35.5. The van der Waals surface area contributed by atoms with E-state index in [1.807, 2.05) is 18.2 Å². The van der Waals surface area contributed by atoms with E-state index in [2.05, 4.69) is 0 Å². The first-order valence-corrected chi connectivity index (χ1v) is 7.12. The number of halogens is 1. The molecule has 1 aliphatic heterocycles. The Morgan fingerprint density at radius 2 is 1.89 bits per heavy atom. The van der Waals surface area contributed by atoms with Crippen molar-refractivity contribution < 1.29 is 9.59 Å². The van der Waals surface area contributed by atoms with Crippen LogP contribution < -0.4 is 0 Å². The van der Waals surface area contributed by atoms with Gasteiger partial charge in [-0.15, -0.1) is 0 Å². The van der Waals surface area contributed by atoms with Gasteiger partial charge in [-0.3, -0.25) is 9.59 Å². The molecule has 0 radical (unpaired) electrons. The third-order valence-electron chi connectivity index (χ3n) is 2.54. The zero-order chi connectivity index (χ0) is 13.1. The molecule has 18 heavy (non-hydrogen) atoms. The van der Waals surface area contributed by atoms with Crippen LogP contribution in [0.2, 0.25) is 5.02 Å². The summed E-state index contributed by atoms with van der Waals surface area (Å²) in [6, 6.07) is 7.43. The van der Waals surface area contributed by atoms with Crippen LogP contribution in [0.5, 0.6) is 0 Å². The third-order valence-corrected chi connectivity index (χ3v) is 4.33. The molecule has 0 aromatic heterocycles. The molecule has 94 valence electrons. The Bertz CT molecular complexity index is 503. The molecule has 0 bridgehead atoms. The van der Waals surface area contributed by atoms with Gasteiger partial charge in [0.05, 0.1) is 0 Å². The number of benzene rings is 1. The van der Waals surface area contributed by atoms with E-state index in [1.54, 1.807) is 6.07 Å². The molecule has 2 rings (SSSR count). The molecule has 0 saturated carbocycles. The van der Waals surface area contributed by atoms with Crippen LogP contribution in [0.15, 0.2) is 24.3 Å². The minimum absolute atomic E-state index is 0.211. The Hall–Kier alpha value is -0.910. The van der Waals surface area contributed by atoms with Gasteiger partial charge < -0.3 is 0 Å². The van der Waals surface area contributed by atoms with Gasteiger partial charge in [0.25, 0.3) is 0 Å². The molecule has 0 spiro atoms. The number of thioether (sulfide) groups is 1. The molecular weight excluding hydrogens is 290 g/mol. The zero-order valence-corrected chi connectivity index (χ0v) is 11.8. The molecule has 0 aliphatic carbocycles. The lowest BCUT2D eigenvalue weighted by Gasteiger charge is -2.14. The normalized spacial score (nSPS) is 15.3. The summed E-state index contributed by atoms with van der Waals surface area (Å²) >= 11 is 12.4. The summed E-state index contributed by atoms with van der Waals surface area (Å²) in [5.74, 6) is 0.128. The molecule has 1 heterocycles. The summed E-state index contributed by atoms with van der Waals surface area (Å²) < 4.78 is 0.308. The number of hydrogen-bond acceptors (Lipinski definition) is 4. The fraction of sp³-hybridized carbons (Fsp3) is 0.250. The first-order chi connectivity index (χ1) is 8.59. The number of hydrogen-bond donors (Lipinski definition) is 0. The van der Waals surface area contributed by atoms with Crippen molar-refractivity contribution in [2.75, 3.05) is 0 Å². The Morgan fingerprint density at radius 3 is 2.50 bits per heavy atom. The van der Waals surface area contributed by atoms with Crippen molar-refractivity contribution in [1.29, 1.82) is 0 Å². The second-order valence-corrected chi connectivity index (χ2v) is 5.79. The first kappa shape index (κ1) is 13.5. The van der Waals surface area contributed by atoms with Crippen LogP contribution in [-0.4, -0.2) is 21.0 Å². The van der Waals surface area contributed by atoms with Crippen molar-refractivity contribution in [2.24, 2.45) is 0 Å². The molecule has 6 heteroatoms. The van der Waals surface area contributed by atoms with Gasteiger partial charge in [-0.25, -0.2) is 4.90 Å². The molecule has 2 amide bonds. The summed E-state index contributed by atoms with van der Waals surface area (Å²) in [6.07, 6.45) is 0.511. The van der Waals surface area contributed by atoms with Crippen LogP contribution in [0.25, 0.3) is 0 Å². The van der Waals surface area contributed by atoms with E-state index in [0.717, 1.165) is 10.5 Å². The summed E-state index contributed by atoms with van der Waals surface area (Å²) in [4.78, 5) is 24.1. The minimum atomic E-state index is -0.211. The highest BCUT2D eigenvalue weighted by Crippen LogP contribution is 2.25. The number of carbonyl (C=O) groups is 2. The molecule has 0 N–H and O–H groups in total. The van der Waals surface area contributed by atoms with Crippen molar-refractivity contribution in [3.05, 3.63) is 34.9 Å². The molecule has 1 aromatic rings. The van der Waals surface area contributed by atoms with Crippen LogP contribution >= 0.6 is 35.6 Å². The van der Waals surface area contributed by atoms with Gasteiger partial charge in [-0.2, -0.15) is 0 Å². The fourth-order valence-corrected chi connectivity index (χ4v) is 3.13. The SMILES string of the molecule is O=C1CCC(=O)N1C(=S)SCc1ccccc1Cl. The van der Waals surface area contributed by atoms with E-state index in [1.165, 1.54) is 11.8 Å². The molecule has 1 aromatic carbocycles. The third kappa shape index (κ3) is 2.91. The predicted octanol–water partition coefficient (Wildman–Crippen LogP) is 3.01. The monoisotopic (exact) mass is 299 g/mol. The number of likely N-dealkylation sites (tertiary alicyclic amines) is 1. The quantitative estimate of drug-likeness (QED) is 0.621. The van der Waals surface area contributed by atoms with E-state index < -0.39 is 0 Å². The van der Waals surface area contributed by atoms with E-state index in [0.29, 0.717) is 15.1 Å². The van der Waals surface area contributed by atoms with Crippen LogP contribution in [0.3, 0.4) is 0 Å². The van der Waals surface area contributed by atoms with Gasteiger partial charge in [0.2, 0.25) is 11.8 Å². The maximum atomic E-state index is 11.5. The van der Waals surface area contributed by atoms with Crippen LogP contribution in [0, 0.1) is 0 Å². The smallest absolute Gasteiger partial charge is 0.235 e. The van der Waals surface area contributed by atoms with Crippen molar-refractivity contribution in [3.63, 3.8) is 0 Å². The molecule has 1 saturated heterocycles. The Labute approximate surface area is 119 Å². The number of carbonyl (C=O) groups excluding carboxylic acids is 2. The van der Waals surface area contributed by atoms with Gasteiger partial charge in [-0.1, -0.05) is 53.8 Å². The highest BCUT2D eigenvalue weighted by molar-refractivity contribution is 8.22. The lowest BCUT2D eigenvalue weighted by atomic mass is 10.2. The minimum Gasteiger partial charge on any atom is -0.274 e. The van der Waals surface area contributed by atoms with Crippen LogP contribution in [-0.2, 0) is 15.3 Å². The Morgan fingerprint density at radius 1 is 1.28 bits per heavy atom. The van der Waals surface area contributed by atoms with Gasteiger partial charge >= 0.3 is 0 Å². The average Bonchev–Trinajstić information content (AvgIpc) is 2.68. The summed E-state index contributed by atoms with van der Waals surface area (Å²) in [7, 11) is 0. The number of rotatable bonds is 2. The molecule has 1 fully saturated rings. The van der Waals surface area contributed by atoms with E-state index in [9.17, 15) is 9.59 Å². The predicted molar refractivity (Wildman–Crippen MR) is 76.4 cm³/mol. The van der Waals surface area contributed by atoms with E-state index in [-0.39, 0.29) is 24.7 Å². The largest absolute Gasteiger partial charge is 0.274 e. The zero-order valence-electron chi connectivity index (χ0n) is 9.39. The van der Waals surface area contributed by atoms with Crippen LogP contribution in [0.4, 0.5) is 0 Å². The second-order valence-electron chi connectivity index (χ2n) is 3.77. The van der Waals surface area contributed by atoms with Crippen molar-refractivity contribution >= 4 is 51.7 Å². The standard InChI is InChI=1S/C12H10ClNO2S2/c13-9-4-2-1-3-8(9)7-18-12(17)14-10(15)5-6-11(14)16/h1-4H,5-7H2. The highest BCUT2D eigenvalue weighted by Gasteiger charge is 2.32. The summed E-state index contributed by atoms with van der Waals surface area (Å²) in [6.45, 7) is 0. The van der Waals surface area contributed by atoms with Gasteiger partial charge in [0.1, 0.15) is 4.32 Å². The van der Waals surface area contributed by atoms with Gasteiger partial charge in [0, 0.05) is 23.6 Å². The number of thiocarbonyl (C=S) groups is 1. The molecule has 3 nitrogen and oxygen atoms in total. The van der Waals surface area contributed by atoms with Crippen molar-refractivity contribution in [2.45, 2.75) is 18.6 Å². The molecular formula is C12H10ClNO2S2. The van der Waals surface area contributed by atoms with E-state index in [4.69, 9.17) is 23.8 Å².